The molecule has 6 nitrogen and oxygen atoms in total. The first kappa shape index (κ1) is 14.9. The number of hydrogen-bond acceptors (Lipinski definition) is 4. The first-order valence-corrected chi connectivity index (χ1v) is 5.01. The van der Waals surface area contributed by atoms with E-state index in [-0.39, 0.29) is 5.56 Å². The number of carbonyl (C=O) groups is 2. The fraction of sp³-hybridized carbons (Fsp3) is 0.300. The predicted molar refractivity (Wildman–Crippen MR) is 56.9 cm³/mol. The average molecular weight is 277 g/mol. The number of aromatic nitrogens is 1. The number of halogens is 3. The first-order chi connectivity index (χ1) is 8.70. The summed E-state index contributed by atoms with van der Waals surface area (Å²) in [4.78, 5) is 24.9. The standard InChI is InChI=1S/C10H10F3N3O3/c11-10(12,13)6-2-1-5(4-15-6)9(19)16-7(14)3-8(17)18/h1-2,4,7H,3,14H2,(H,16,19)(H,17,18). The molecule has 1 atom stereocenters. The van der Waals surface area contributed by atoms with Gasteiger partial charge in [0.05, 0.1) is 18.2 Å². The van der Waals surface area contributed by atoms with Crippen LogP contribution in [0.5, 0.6) is 0 Å². The maximum absolute atomic E-state index is 12.2. The van der Waals surface area contributed by atoms with E-state index in [1.165, 1.54) is 0 Å². The van der Waals surface area contributed by atoms with Crippen molar-refractivity contribution < 1.29 is 27.9 Å². The molecule has 1 heterocycles. The molecule has 1 aromatic heterocycles. The number of hydrogen-bond donors (Lipinski definition) is 3. The lowest BCUT2D eigenvalue weighted by atomic mass is 10.2. The number of nitrogens with one attached hydrogen (secondary N) is 1. The van der Waals surface area contributed by atoms with Gasteiger partial charge in [0.1, 0.15) is 5.69 Å². The van der Waals surface area contributed by atoms with E-state index in [4.69, 9.17) is 10.8 Å². The van der Waals surface area contributed by atoms with Crippen LogP contribution in [0, 0.1) is 0 Å². The lowest BCUT2D eigenvalue weighted by molar-refractivity contribution is -0.141. The third-order valence-electron chi connectivity index (χ3n) is 2.03. The number of carbonyl (C=O) groups excluding carboxylic acids is 1. The third-order valence-corrected chi connectivity index (χ3v) is 2.03. The number of alkyl halides is 3. The van der Waals surface area contributed by atoms with E-state index in [2.05, 4.69) is 10.3 Å². The first-order valence-electron chi connectivity index (χ1n) is 5.01. The van der Waals surface area contributed by atoms with Crippen molar-refractivity contribution in [1.82, 2.24) is 10.3 Å². The Kier molecular flexibility index (Phi) is 4.43. The van der Waals surface area contributed by atoms with Crippen LogP contribution >= 0.6 is 0 Å². The number of nitrogens with zero attached hydrogens (tertiary/aromatic N) is 1. The molecule has 0 aliphatic heterocycles. The summed E-state index contributed by atoms with van der Waals surface area (Å²) in [6.45, 7) is 0. The van der Waals surface area contributed by atoms with Crippen LogP contribution in [-0.2, 0) is 11.0 Å². The van der Waals surface area contributed by atoms with E-state index in [1.54, 1.807) is 0 Å². The van der Waals surface area contributed by atoms with Gasteiger partial charge in [-0.15, -0.1) is 0 Å². The van der Waals surface area contributed by atoms with Crippen LogP contribution in [0.3, 0.4) is 0 Å². The molecule has 0 radical (unpaired) electrons. The van der Waals surface area contributed by atoms with Gasteiger partial charge in [0.25, 0.3) is 5.91 Å². The molecule has 1 aromatic rings. The Labute approximate surface area is 105 Å². The van der Waals surface area contributed by atoms with E-state index in [0.29, 0.717) is 6.07 Å². The van der Waals surface area contributed by atoms with Gasteiger partial charge in [0.15, 0.2) is 0 Å². The largest absolute Gasteiger partial charge is 0.481 e. The fourth-order valence-electron chi connectivity index (χ4n) is 1.19. The molecule has 0 saturated carbocycles. The van der Waals surface area contributed by atoms with Gasteiger partial charge in [-0.2, -0.15) is 13.2 Å². The number of carboxylic acids is 1. The maximum Gasteiger partial charge on any atom is 0.433 e. The molecular weight excluding hydrogens is 267 g/mol. The summed E-state index contributed by atoms with van der Waals surface area (Å²) in [6.07, 6.45) is -5.48. The van der Waals surface area contributed by atoms with Crippen LogP contribution in [0.4, 0.5) is 13.2 Å². The van der Waals surface area contributed by atoms with Crippen LogP contribution < -0.4 is 11.1 Å². The van der Waals surface area contributed by atoms with Gasteiger partial charge in [-0.1, -0.05) is 0 Å². The lowest BCUT2D eigenvalue weighted by Crippen LogP contribution is -2.42. The maximum atomic E-state index is 12.2. The van der Waals surface area contributed by atoms with Crippen molar-refractivity contribution in [3.8, 4) is 0 Å². The lowest BCUT2D eigenvalue weighted by Gasteiger charge is -2.12. The summed E-state index contributed by atoms with van der Waals surface area (Å²) >= 11 is 0. The van der Waals surface area contributed by atoms with Gasteiger partial charge in [0, 0.05) is 6.20 Å². The van der Waals surface area contributed by atoms with Crippen molar-refractivity contribution in [2.24, 2.45) is 5.73 Å². The highest BCUT2D eigenvalue weighted by Gasteiger charge is 2.32. The smallest absolute Gasteiger partial charge is 0.433 e. The van der Waals surface area contributed by atoms with Gasteiger partial charge in [0.2, 0.25) is 0 Å². The normalized spacial score (nSPS) is 12.8. The zero-order valence-corrected chi connectivity index (χ0v) is 9.44. The number of rotatable bonds is 4. The number of aliphatic carboxylic acids is 1. The third kappa shape index (κ3) is 4.54. The zero-order valence-electron chi connectivity index (χ0n) is 9.44. The summed E-state index contributed by atoms with van der Waals surface area (Å²) in [7, 11) is 0. The second-order valence-electron chi connectivity index (χ2n) is 3.61. The van der Waals surface area contributed by atoms with E-state index < -0.39 is 36.3 Å². The molecule has 1 unspecified atom stereocenters. The van der Waals surface area contributed by atoms with Gasteiger partial charge in [-0.05, 0) is 12.1 Å². The topological polar surface area (TPSA) is 105 Å². The summed E-state index contributed by atoms with van der Waals surface area (Å²) in [6, 6.07) is 1.58. The number of carboxylic acid groups (broad SMARTS) is 1. The van der Waals surface area contributed by atoms with E-state index in [1.807, 2.05) is 0 Å². The Morgan fingerprint density at radius 2 is 2.05 bits per heavy atom. The monoisotopic (exact) mass is 277 g/mol. The molecule has 0 aliphatic carbocycles. The summed E-state index contributed by atoms with van der Waals surface area (Å²) in [5.41, 5.74) is 4.03. The number of nitrogens with two attached hydrogens (primary N) is 1. The van der Waals surface area contributed by atoms with Crippen molar-refractivity contribution in [1.29, 1.82) is 0 Å². The minimum atomic E-state index is -4.59. The van der Waals surface area contributed by atoms with Crippen molar-refractivity contribution in [2.45, 2.75) is 18.8 Å². The molecule has 19 heavy (non-hydrogen) atoms. The highest BCUT2D eigenvalue weighted by molar-refractivity contribution is 5.94. The highest BCUT2D eigenvalue weighted by Crippen LogP contribution is 2.27. The zero-order chi connectivity index (χ0) is 14.6. The molecule has 0 aliphatic rings. The molecule has 0 saturated heterocycles. The van der Waals surface area contributed by atoms with E-state index in [0.717, 1.165) is 12.3 Å². The van der Waals surface area contributed by atoms with Crippen LogP contribution in [-0.4, -0.2) is 28.1 Å². The quantitative estimate of drug-likeness (QED) is 0.698. The SMILES string of the molecule is NC(CC(=O)O)NC(=O)c1ccc(C(F)(F)F)nc1. The Bertz CT molecular complexity index is 473. The molecule has 0 aromatic carbocycles. The van der Waals surface area contributed by atoms with Gasteiger partial charge >= 0.3 is 12.1 Å². The van der Waals surface area contributed by atoms with Crippen molar-refractivity contribution in [3.63, 3.8) is 0 Å². The van der Waals surface area contributed by atoms with E-state index >= 15 is 0 Å². The van der Waals surface area contributed by atoms with Gasteiger partial charge in [-0.3, -0.25) is 14.6 Å². The molecule has 1 rings (SSSR count). The average Bonchev–Trinajstić information content (AvgIpc) is 2.26. The number of amides is 1. The van der Waals surface area contributed by atoms with Crippen molar-refractivity contribution in [3.05, 3.63) is 29.6 Å². The Balaban J connectivity index is 2.71. The molecule has 1 amide bonds. The second kappa shape index (κ2) is 5.65. The highest BCUT2D eigenvalue weighted by atomic mass is 19.4. The van der Waals surface area contributed by atoms with Crippen LogP contribution in [0.15, 0.2) is 18.3 Å². The minimum Gasteiger partial charge on any atom is -0.481 e. The molecule has 9 heteroatoms. The summed E-state index contributed by atoms with van der Waals surface area (Å²) < 4.78 is 36.7. The molecule has 104 valence electrons. The molecular formula is C10H10F3N3O3. The van der Waals surface area contributed by atoms with Crippen LogP contribution in [0.2, 0.25) is 0 Å². The Morgan fingerprint density at radius 1 is 1.42 bits per heavy atom. The van der Waals surface area contributed by atoms with Crippen LogP contribution in [0.25, 0.3) is 0 Å². The summed E-state index contributed by atoms with van der Waals surface area (Å²) in [5.74, 6) is -2.01. The van der Waals surface area contributed by atoms with Gasteiger partial charge in [-0.25, -0.2) is 0 Å². The molecule has 0 spiro atoms. The minimum absolute atomic E-state index is 0.145. The second-order valence-corrected chi connectivity index (χ2v) is 3.61. The number of pyridine rings is 1. The van der Waals surface area contributed by atoms with Crippen molar-refractivity contribution >= 4 is 11.9 Å². The van der Waals surface area contributed by atoms with Gasteiger partial charge < -0.3 is 16.2 Å². The Hall–Kier alpha value is -2.16. The molecule has 0 fully saturated rings. The summed E-state index contributed by atoms with van der Waals surface area (Å²) in [5, 5.41) is 10.5. The predicted octanol–water partition coefficient (Wildman–Crippen LogP) is 0.590. The molecule has 4 N–H and O–H groups in total. The van der Waals surface area contributed by atoms with E-state index in [9.17, 15) is 22.8 Å². The molecule has 0 bridgehead atoms. The van der Waals surface area contributed by atoms with Crippen molar-refractivity contribution in [2.75, 3.05) is 0 Å². The Morgan fingerprint density at radius 3 is 2.47 bits per heavy atom. The van der Waals surface area contributed by atoms with Crippen LogP contribution in [0.1, 0.15) is 22.5 Å². The fourth-order valence-corrected chi connectivity index (χ4v) is 1.19.